The van der Waals surface area contributed by atoms with Crippen LogP contribution in [0.15, 0.2) is 48.5 Å². The van der Waals surface area contributed by atoms with Crippen LogP contribution in [0.3, 0.4) is 0 Å². The molecule has 2 rings (SSSR count). The van der Waals surface area contributed by atoms with Crippen LogP contribution in [0.1, 0.15) is 43.7 Å². The number of unbranched alkanes of at least 4 members (excludes halogenated alkanes) is 2. The summed E-state index contributed by atoms with van der Waals surface area (Å²) in [4.78, 5) is 11.2. The molecule has 0 saturated heterocycles. The Balaban J connectivity index is 0.00000338. The molecule has 0 radical (unpaired) electrons. The number of ether oxygens (including phenoxy) is 2. The van der Waals surface area contributed by atoms with Crippen LogP contribution in [0.5, 0.6) is 5.75 Å². The van der Waals surface area contributed by atoms with Crippen molar-refractivity contribution in [2.75, 3.05) is 18.9 Å². The normalized spacial score (nSPS) is 10.0. The molecule has 26 heavy (non-hydrogen) atoms. The molecule has 0 bridgehead atoms. The molecule has 0 spiro atoms. The fourth-order valence-corrected chi connectivity index (χ4v) is 2.63. The second-order valence-electron chi connectivity index (χ2n) is 6.00. The van der Waals surface area contributed by atoms with Gasteiger partial charge in [0, 0.05) is 6.42 Å². The van der Waals surface area contributed by atoms with E-state index in [1.165, 1.54) is 11.1 Å². The lowest BCUT2D eigenvalue weighted by molar-refractivity contribution is -0.143. The van der Waals surface area contributed by atoms with Gasteiger partial charge in [0.25, 0.3) is 0 Å². The van der Waals surface area contributed by atoms with Gasteiger partial charge in [-0.2, -0.15) is 0 Å². The summed E-state index contributed by atoms with van der Waals surface area (Å²) in [5.74, 6) is 0.601. The van der Waals surface area contributed by atoms with Crippen LogP contribution in [-0.2, 0) is 16.0 Å². The monoisotopic (exact) mass is 377 g/mol. The van der Waals surface area contributed by atoms with Crippen LogP contribution in [0.4, 0.5) is 5.69 Å². The molecule has 0 unspecified atom stereocenters. The number of carbonyl (C=O) groups is 1. The van der Waals surface area contributed by atoms with E-state index in [-0.39, 0.29) is 18.4 Å². The van der Waals surface area contributed by atoms with Crippen LogP contribution in [0.2, 0.25) is 0 Å². The Hall–Kier alpha value is -2.20. The van der Waals surface area contributed by atoms with Gasteiger partial charge in [-0.3, -0.25) is 4.79 Å². The summed E-state index contributed by atoms with van der Waals surface area (Å²) in [5.41, 5.74) is 9.20. The minimum Gasteiger partial charge on any atom is -0.491 e. The number of hydrogen-bond donors (Lipinski definition) is 1. The molecule has 2 N–H and O–H groups in total. The number of carbonyl (C=O) groups excluding carboxylic acids is 1. The summed E-state index contributed by atoms with van der Waals surface area (Å²) in [5, 5.41) is 0. The average molecular weight is 378 g/mol. The first kappa shape index (κ1) is 21.8. The molecule has 0 atom stereocenters. The van der Waals surface area contributed by atoms with Gasteiger partial charge in [0.15, 0.2) is 0 Å². The van der Waals surface area contributed by atoms with Gasteiger partial charge in [-0.25, -0.2) is 0 Å². The molecule has 0 fully saturated rings. The van der Waals surface area contributed by atoms with E-state index in [0.717, 1.165) is 31.4 Å². The van der Waals surface area contributed by atoms with Crippen molar-refractivity contribution in [1.82, 2.24) is 0 Å². The largest absolute Gasteiger partial charge is 0.491 e. The fourth-order valence-electron chi connectivity index (χ4n) is 2.63. The molecular weight excluding hydrogens is 350 g/mol. The van der Waals surface area contributed by atoms with Gasteiger partial charge in [-0.1, -0.05) is 36.4 Å². The van der Waals surface area contributed by atoms with E-state index < -0.39 is 0 Å². The average Bonchev–Trinajstić information content (AvgIpc) is 2.60. The summed E-state index contributed by atoms with van der Waals surface area (Å²) >= 11 is 0. The first-order valence-corrected chi connectivity index (χ1v) is 8.89. The zero-order valence-electron chi connectivity index (χ0n) is 15.3. The van der Waals surface area contributed by atoms with Crippen LogP contribution in [0.25, 0.3) is 0 Å². The van der Waals surface area contributed by atoms with Crippen LogP contribution in [0, 0.1) is 0 Å². The van der Waals surface area contributed by atoms with E-state index in [1.807, 2.05) is 37.3 Å². The number of anilines is 1. The number of nitrogens with two attached hydrogens (primary N) is 1. The number of halogens is 1. The topological polar surface area (TPSA) is 61.5 Å². The van der Waals surface area contributed by atoms with Crippen molar-refractivity contribution in [2.24, 2.45) is 0 Å². The van der Waals surface area contributed by atoms with E-state index in [2.05, 4.69) is 18.2 Å². The summed E-state index contributed by atoms with van der Waals surface area (Å²) in [6, 6.07) is 16.3. The van der Waals surface area contributed by atoms with Crippen molar-refractivity contribution in [3.8, 4) is 5.75 Å². The molecule has 2 aromatic rings. The van der Waals surface area contributed by atoms with Crippen LogP contribution >= 0.6 is 12.4 Å². The number of benzene rings is 2. The molecule has 0 saturated carbocycles. The molecule has 0 aromatic heterocycles. The Morgan fingerprint density at radius 3 is 2.46 bits per heavy atom. The van der Waals surface area contributed by atoms with E-state index in [4.69, 9.17) is 15.2 Å². The third-order valence-corrected chi connectivity index (χ3v) is 3.91. The molecule has 0 aliphatic rings. The van der Waals surface area contributed by atoms with Gasteiger partial charge >= 0.3 is 5.97 Å². The first-order chi connectivity index (χ1) is 12.2. The maximum Gasteiger partial charge on any atom is 0.305 e. The maximum absolute atomic E-state index is 11.2. The van der Waals surface area contributed by atoms with Crippen molar-refractivity contribution in [1.29, 1.82) is 0 Å². The number of nitrogen functional groups attached to an aromatic ring is 1. The predicted molar refractivity (Wildman–Crippen MR) is 108 cm³/mol. The summed E-state index contributed by atoms with van der Waals surface area (Å²) < 4.78 is 10.7. The number of esters is 1. The maximum atomic E-state index is 11.2. The van der Waals surface area contributed by atoms with Crippen molar-refractivity contribution >= 4 is 24.1 Å². The van der Waals surface area contributed by atoms with Gasteiger partial charge in [0.05, 0.1) is 18.9 Å². The van der Waals surface area contributed by atoms with Gasteiger partial charge < -0.3 is 15.2 Å². The Morgan fingerprint density at radius 1 is 1.00 bits per heavy atom. The highest BCUT2D eigenvalue weighted by atomic mass is 35.5. The quantitative estimate of drug-likeness (QED) is 0.367. The minimum absolute atomic E-state index is 0. The van der Waals surface area contributed by atoms with Crippen LogP contribution in [-0.4, -0.2) is 19.2 Å². The smallest absolute Gasteiger partial charge is 0.305 e. The van der Waals surface area contributed by atoms with Crippen molar-refractivity contribution in [2.45, 2.75) is 39.0 Å². The molecule has 0 amide bonds. The van der Waals surface area contributed by atoms with E-state index in [1.54, 1.807) is 0 Å². The van der Waals surface area contributed by atoms with Crippen molar-refractivity contribution in [3.63, 3.8) is 0 Å². The second-order valence-corrected chi connectivity index (χ2v) is 6.00. The Kier molecular flexibility index (Phi) is 10.3. The molecule has 0 aliphatic heterocycles. The van der Waals surface area contributed by atoms with E-state index in [9.17, 15) is 4.79 Å². The highest BCUT2D eigenvalue weighted by Crippen LogP contribution is 2.24. The van der Waals surface area contributed by atoms with Gasteiger partial charge in [0.1, 0.15) is 5.75 Å². The summed E-state index contributed by atoms with van der Waals surface area (Å²) in [7, 11) is 0. The van der Waals surface area contributed by atoms with E-state index >= 15 is 0 Å². The zero-order chi connectivity index (χ0) is 17.9. The second kappa shape index (κ2) is 12.2. The Morgan fingerprint density at radius 2 is 1.77 bits per heavy atom. The van der Waals surface area contributed by atoms with Crippen molar-refractivity contribution < 1.29 is 14.3 Å². The predicted octanol–water partition coefficient (Wildman–Crippen LogP) is 4.78. The molecular formula is C21H28ClNO3. The van der Waals surface area contributed by atoms with Gasteiger partial charge in [-0.15, -0.1) is 12.4 Å². The molecule has 5 heteroatoms. The Labute approximate surface area is 162 Å². The minimum atomic E-state index is -0.123. The third-order valence-electron chi connectivity index (χ3n) is 3.91. The highest BCUT2D eigenvalue weighted by molar-refractivity contribution is 5.85. The lowest BCUT2D eigenvalue weighted by Crippen LogP contribution is -2.04. The van der Waals surface area contributed by atoms with Gasteiger partial charge in [0.2, 0.25) is 0 Å². The molecule has 2 aromatic carbocycles. The van der Waals surface area contributed by atoms with Crippen LogP contribution < -0.4 is 10.5 Å². The van der Waals surface area contributed by atoms with E-state index in [0.29, 0.717) is 25.3 Å². The number of hydrogen-bond acceptors (Lipinski definition) is 4. The Bertz CT molecular complexity index is 662. The zero-order valence-corrected chi connectivity index (χ0v) is 16.1. The molecule has 142 valence electrons. The van der Waals surface area contributed by atoms with Crippen molar-refractivity contribution in [3.05, 3.63) is 59.7 Å². The summed E-state index contributed by atoms with van der Waals surface area (Å²) in [6.07, 6.45) is 3.99. The first-order valence-electron chi connectivity index (χ1n) is 8.89. The molecule has 4 nitrogen and oxygen atoms in total. The standard InChI is InChI=1S/C21H27NO3.ClH/c1-2-24-21(23)11-7-4-8-14-25-20-13-12-18(16-19(20)22)15-17-9-5-3-6-10-17;/h3,5-6,9-10,12-13,16H,2,4,7-8,11,14-15,22H2,1H3;1H. The molecule has 0 heterocycles. The summed E-state index contributed by atoms with van der Waals surface area (Å²) in [6.45, 7) is 2.87. The fraction of sp³-hybridized carbons (Fsp3) is 0.381. The molecule has 0 aliphatic carbocycles. The lowest BCUT2D eigenvalue weighted by Gasteiger charge is -2.11. The number of rotatable bonds is 10. The lowest BCUT2D eigenvalue weighted by atomic mass is 10.0. The van der Waals surface area contributed by atoms with Gasteiger partial charge in [-0.05, 0) is 55.9 Å². The third kappa shape index (κ3) is 7.79. The SMILES string of the molecule is CCOC(=O)CCCCCOc1ccc(Cc2ccccc2)cc1N.Cl. The highest BCUT2D eigenvalue weighted by Gasteiger charge is 2.04.